The van der Waals surface area contributed by atoms with E-state index in [1.54, 1.807) is 0 Å². The molecule has 0 bridgehead atoms. The van der Waals surface area contributed by atoms with Gasteiger partial charge in [-0.15, -0.1) is 0 Å². The Balaban J connectivity index is 1.22. The maximum absolute atomic E-state index is 11.1. The first-order valence-electron chi connectivity index (χ1n) is 17.6. The lowest BCUT2D eigenvalue weighted by Gasteiger charge is -2.49. The molecule has 5 fully saturated rings. The Bertz CT molecular complexity index is 1200. The summed E-state index contributed by atoms with van der Waals surface area (Å²) in [6.07, 6.45) is -45.8. The van der Waals surface area contributed by atoms with E-state index < -0.39 is 187 Å². The molecule has 0 aromatic heterocycles. The van der Waals surface area contributed by atoms with E-state index in [1.807, 2.05) is 0 Å². The van der Waals surface area contributed by atoms with Crippen LogP contribution in [0.3, 0.4) is 0 Å². The zero-order valence-electron chi connectivity index (χ0n) is 29.2. The molecule has 0 radical (unpaired) electrons. The Labute approximate surface area is 316 Å². The summed E-state index contributed by atoms with van der Waals surface area (Å²) < 4.78 is 49.1. The van der Waals surface area contributed by atoms with Crippen LogP contribution in [0.5, 0.6) is 0 Å². The second-order valence-corrected chi connectivity index (χ2v) is 13.9. The van der Waals surface area contributed by atoms with E-state index in [1.165, 1.54) is 0 Å². The van der Waals surface area contributed by atoms with E-state index in [2.05, 4.69) is 0 Å². The minimum atomic E-state index is -2.12. The van der Waals surface area contributed by atoms with Gasteiger partial charge in [0.1, 0.15) is 122 Å². The summed E-state index contributed by atoms with van der Waals surface area (Å²) in [5, 5.41) is 176. The van der Waals surface area contributed by atoms with Gasteiger partial charge in [0.25, 0.3) is 0 Å². The van der Waals surface area contributed by atoms with Crippen LogP contribution in [0.2, 0.25) is 0 Å². The smallest absolute Gasteiger partial charge is 0.187 e. The maximum Gasteiger partial charge on any atom is 0.187 e. The lowest BCUT2D eigenvalue weighted by molar-refractivity contribution is -0.392. The van der Waals surface area contributed by atoms with Gasteiger partial charge in [-0.1, -0.05) is 0 Å². The van der Waals surface area contributed by atoms with Gasteiger partial charge < -0.3 is 129 Å². The Morgan fingerprint density at radius 1 is 0.268 bits per heavy atom. The third-order valence-corrected chi connectivity index (χ3v) is 10.3. The fourth-order valence-electron chi connectivity index (χ4n) is 7.03. The average molecular weight is 829 g/mol. The van der Waals surface area contributed by atoms with Crippen molar-refractivity contribution in [3.8, 4) is 0 Å². The summed E-state index contributed by atoms with van der Waals surface area (Å²) >= 11 is 0. The fraction of sp³-hybridized carbons (Fsp3) is 1.00. The Morgan fingerprint density at radius 2 is 0.518 bits per heavy atom. The zero-order valence-corrected chi connectivity index (χ0v) is 29.2. The molecule has 0 aliphatic carbocycles. The van der Waals surface area contributed by atoms with Crippen LogP contribution in [0.1, 0.15) is 0 Å². The van der Waals surface area contributed by atoms with Gasteiger partial charge in [0.05, 0.1) is 33.0 Å². The van der Waals surface area contributed by atoms with Gasteiger partial charge in [0.2, 0.25) is 0 Å². The van der Waals surface area contributed by atoms with Crippen LogP contribution >= 0.6 is 0 Å². The minimum Gasteiger partial charge on any atom is -0.394 e. The van der Waals surface area contributed by atoms with Crippen LogP contribution in [0.15, 0.2) is 0 Å². The van der Waals surface area contributed by atoms with Crippen LogP contribution < -0.4 is 0 Å². The van der Waals surface area contributed by atoms with E-state index in [0.29, 0.717) is 0 Å². The monoisotopic (exact) mass is 828 g/mol. The lowest BCUT2D eigenvalue weighted by atomic mass is 9.95. The third-order valence-electron chi connectivity index (χ3n) is 10.3. The van der Waals surface area contributed by atoms with E-state index >= 15 is 0 Å². The molecule has 5 aliphatic rings. The molecule has 0 spiro atoms. The second-order valence-electron chi connectivity index (χ2n) is 13.9. The summed E-state index contributed by atoms with van der Waals surface area (Å²) in [6.45, 7) is -4.51. The predicted molar refractivity (Wildman–Crippen MR) is 167 cm³/mol. The molecule has 0 unspecified atom stereocenters. The summed E-state index contributed by atoms with van der Waals surface area (Å²) in [7, 11) is 0. The van der Waals surface area contributed by atoms with Crippen molar-refractivity contribution in [2.45, 2.75) is 154 Å². The maximum atomic E-state index is 11.1. The molecule has 0 saturated carbocycles. The fourth-order valence-corrected chi connectivity index (χ4v) is 7.03. The first kappa shape index (κ1) is 46.0. The summed E-state index contributed by atoms with van der Waals surface area (Å²) in [6, 6.07) is 0. The molecule has 26 heteroatoms. The molecule has 25 atom stereocenters. The average Bonchev–Trinajstić information content (AvgIpc) is 3.19. The van der Waals surface area contributed by atoms with Gasteiger partial charge in [0.15, 0.2) is 31.5 Å². The summed E-state index contributed by atoms with van der Waals surface area (Å²) in [5.74, 6) is 0. The first-order valence-corrected chi connectivity index (χ1v) is 17.6. The van der Waals surface area contributed by atoms with Crippen molar-refractivity contribution in [2.24, 2.45) is 0 Å². The van der Waals surface area contributed by atoms with Gasteiger partial charge in [-0.2, -0.15) is 0 Å². The Kier molecular flexibility index (Phi) is 16.1. The van der Waals surface area contributed by atoms with Crippen molar-refractivity contribution in [3.63, 3.8) is 0 Å². The molecule has 17 N–H and O–H groups in total. The highest BCUT2D eigenvalue weighted by Crippen LogP contribution is 2.35. The molecular formula is C30H52O26. The predicted octanol–water partition coefficient (Wildman–Crippen LogP) is -11.9. The van der Waals surface area contributed by atoms with Crippen LogP contribution in [0.4, 0.5) is 0 Å². The van der Waals surface area contributed by atoms with Gasteiger partial charge in [-0.05, 0) is 0 Å². The van der Waals surface area contributed by atoms with E-state index in [9.17, 15) is 86.8 Å². The highest BCUT2D eigenvalue weighted by molar-refractivity contribution is 4.99. The highest BCUT2D eigenvalue weighted by atomic mass is 16.8. The molecular weight excluding hydrogens is 776 g/mol. The van der Waals surface area contributed by atoms with Crippen LogP contribution in [0, 0.1) is 0 Å². The summed E-state index contributed by atoms with van der Waals surface area (Å²) in [5.41, 5.74) is 0. The van der Waals surface area contributed by atoms with Gasteiger partial charge in [0, 0.05) is 0 Å². The van der Waals surface area contributed by atoms with Crippen LogP contribution in [0.25, 0.3) is 0 Å². The number of rotatable bonds is 13. The SMILES string of the molecule is OC[C@@H]1O[C@H](O)[C@@H](O)[C@H](O)[C@H]1O[C@@H]1O[C@H](CO)[C@@H](O[C@@H]2O[C@H](CO)[C@@H](O[C@@H]3O[C@H](CO)[C@@H](O[C@@H]4O[C@H](CO)[C@H](O)[C@@H](O)[C@@H]4O)[C@H](O)[C@@H]3O)[C@H](O)[C@@H]2O)[C@H](O)[C@@H]1O. The van der Waals surface area contributed by atoms with Gasteiger partial charge in [-0.25, -0.2) is 0 Å². The largest absolute Gasteiger partial charge is 0.394 e. The number of aliphatic hydroxyl groups excluding tert-OH is 17. The van der Waals surface area contributed by atoms with Crippen LogP contribution in [-0.4, -0.2) is 273 Å². The highest BCUT2D eigenvalue weighted by Gasteiger charge is 2.56. The molecule has 0 aromatic rings. The molecule has 5 heterocycles. The zero-order chi connectivity index (χ0) is 41.3. The van der Waals surface area contributed by atoms with Crippen molar-refractivity contribution < 1.29 is 129 Å². The molecule has 26 nitrogen and oxygen atoms in total. The van der Waals surface area contributed by atoms with E-state index in [4.69, 9.17) is 42.6 Å². The van der Waals surface area contributed by atoms with Crippen LogP contribution in [-0.2, 0) is 42.6 Å². The number of aliphatic hydroxyl groups is 17. The number of ether oxygens (including phenoxy) is 9. The molecule has 56 heavy (non-hydrogen) atoms. The van der Waals surface area contributed by atoms with Crippen molar-refractivity contribution in [2.75, 3.05) is 33.0 Å². The molecule has 5 saturated heterocycles. The Morgan fingerprint density at radius 3 is 0.821 bits per heavy atom. The third kappa shape index (κ3) is 9.16. The molecule has 0 amide bonds. The molecule has 5 aliphatic heterocycles. The Hall–Kier alpha value is -1.04. The first-order chi connectivity index (χ1) is 26.5. The summed E-state index contributed by atoms with van der Waals surface area (Å²) in [4.78, 5) is 0. The van der Waals surface area contributed by atoms with Crippen molar-refractivity contribution in [3.05, 3.63) is 0 Å². The number of hydrogen-bond acceptors (Lipinski definition) is 26. The van der Waals surface area contributed by atoms with E-state index in [0.717, 1.165) is 0 Å². The van der Waals surface area contributed by atoms with Crippen molar-refractivity contribution >= 4 is 0 Å². The normalized spacial score (nSPS) is 53.2. The lowest BCUT2D eigenvalue weighted by Crippen LogP contribution is -2.68. The minimum absolute atomic E-state index is 0.811. The topological polar surface area (TPSA) is 427 Å². The second kappa shape index (κ2) is 19.6. The quantitative estimate of drug-likeness (QED) is 0.0819. The molecule has 5 rings (SSSR count). The molecule has 328 valence electrons. The molecule has 0 aromatic carbocycles. The van der Waals surface area contributed by atoms with Crippen molar-refractivity contribution in [1.82, 2.24) is 0 Å². The standard InChI is InChI=1S/C30H52O26/c31-1-6-11(36)12(37)18(43)27(49-6)54-23-8(3-33)51-29(20(45)14(23)39)56-25-10(5-35)52-30(21(46)16(25)41)55-24-9(4-34)50-28(19(44)15(24)40)53-22-7(2-32)48-26(47)17(42)13(22)38/h6-47H,1-5H2/t6-,7+,8-,9-,10-,11+,12-,13+,14-,15-,16-,17+,18+,19+,20+,21+,22+,23-,24-,25-,26+,27+,28+,29+,30+/m1/s1. The van der Waals surface area contributed by atoms with Gasteiger partial charge in [-0.3, -0.25) is 0 Å². The van der Waals surface area contributed by atoms with E-state index in [-0.39, 0.29) is 0 Å². The van der Waals surface area contributed by atoms with Gasteiger partial charge >= 0.3 is 0 Å². The van der Waals surface area contributed by atoms with Crippen molar-refractivity contribution in [1.29, 1.82) is 0 Å². The number of hydrogen-bond donors (Lipinski definition) is 17.